The van der Waals surface area contributed by atoms with Gasteiger partial charge in [-0.1, -0.05) is 19.6 Å². The fourth-order valence-corrected chi connectivity index (χ4v) is 0. The maximum atomic E-state index is 5.98. The molecule has 0 atom stereocenters. The van der Waals surface area contributed by atoms with Gasteiger partial charge in [0, 0.05) is 0 Å². The van der Waals surface area contributed by atoms with Gasteiger partial charge < -0.3 is 0 Å². The molecule has 0 radical (unpaired) electrons. The van der Waals surface area contributed by atoms with Crippen LogP contribution in [0.25, 0.3) is 0 Å². The van der Waals surface area contributed by atoms with E-state index in [-0.39, 0.29) is 0 Å². The van der Waals surface area contributed by atoms with E-state index in [0.29, 0.717) is 0 Å². The lowest BCUT2D eigenvalue weighted by molar-refractivity contribution is 1.83. The van der Waals surface area contributed by atoms with Crippen LogP contribution in [0.1, 0.15) is 0 Å². The summed E-state index contributed by atoms with van der Waals surface area (Å²) in [6.07, 6.45) is -1.78. The minimum atomic E-state index is -1.78. The zero-order valence-corrected chi connectivity index (χ0v) is 9.27. The van der Waals surface area contributed by atoms with Gasteiger partial charge in [0.1, 0.15) is 0 Å². The summed E-state index contributed by atoms with van der Waals surface area (Å²) in [6, 6.07) is 0. The molecular formula is C4H12Cl2Si2. The number of hydrogen-bond acceptors (Lipinski definition) is 0. The molecule has 0 heterocycles. The Hall–Kier alpha value is 1.01. The first-order valence-electron chi connectivity index (χ1n) is 2.63. The number of halogens is 2. The summed E-state index contributed by atoms with van der Waals surface area (Å²) in [7, 11) is -1.19. The summed E-state index contributed by atoms with van der Waals surface area (Å²) in [5, 5.41) is 0. The monoisotopic (exact) mass is 186 g/mol. The van der Waals surface area contributed by atoms with Crippen LogP contribution in [0.5, 0.6) is 0 Å². The van der Waals surface area contributed by atoms with Crippen LogP contribution < -0.4 is 0 Å². The summed E-state index contributed by atoms with van der Waals surface area (Å²) >= 11 is 12.0. The highest BCUT2D eigenvalue weighted by molar-refractivity contribution is 7.74. The van der Waals surface area contributed by atoms with Gasteiger partial charge in [0.05, 0.1) is 7.59 Å². The lowest BCUT2D eigenvalue weighted by Gasteiger charge is -2.24. The second-order valence-corrected chi connectivity index (χ2v) is 23.9. The molecule has 0 aromatic carbocycles. The molecular weight excluding hydrogens is 175 g/mol. The van der Waals surface area contributed by atoms with Gasteiger partial charge >= 0.3 is 0 Å². The smallest absolute Gasteiger partial charge is 0.150 e. The first-order chi connectivity index (χ1) is 3.25. The van der Waals surface area contributed by atoms with Gasteiger partial charge in [-0.2, -0.15) is 22.2 Å². The van der Waals surface area contributed by atoms with Gasteiger partial charge in [-0.3, -0.25) is 0 Å². The minimum Gasteiger partial charge on any atom is -0.150 e. The number of rotatable bonds is 1. The predicted octanol–water partition coefficient (Wildman–Crippen LogP) is 2.95. The molecule has 0 aliphatic carbocycles. The van der Waals surface area contributed by atoms with Gasteiger partial charge in [0.2, 0.25) is 6.21 Å². The molecule has 0 fully saturated rings. The van der Waals surface area contributed by atoms with Gasteiger partial charge in [-0.25, -0.2) is 0 Å². The fraction of sp³-hybridized carbons (Fsp3) is 1.00. The van der Waals surface area contributed by atoms with Crippen molar-refractivity contribution in [2.45, 2.75) is 26.2 Å². The zero-order valence-electron chi connectivity index (χ0n) is 5.76. The topological polar surface area (TPSA) is 0 Å². The van der Waals surface area contributed by atoms with Crippen LogP contribution in [-0.2, 0) is 0 Å². The average molecular weight is 187 g/mol. The highest BCUT2D eigenvalue weighted by atomic mass is 35.7. The van der Waals surface area contributed by atoms with Crippen molar-refractivity contribution in [3.8, 4) is 0 Å². The van der Waals surface area contributed by atoms with Crippen molar-refractivity contribution in [2.75, 3.05) is 0 Å². The average Bonchev–Trinajstić information content (AvgIpc) is 1.25. The molecule has 4 heteroatoms. The van der Waals surface area contributed by atoms with E-state index in [2.05, 4.69) is 19.6 Å². The second kappa shape index (κ2) is 2.33. The fourth-order valence-electron chi connectivity index (χ4n) is 0. The molecule has 0 nitrogen and oxygen atoms in total. The molecule has 0 amide bonds. The van der Waals surface area contributed by atoms with Crippen molar-refractivity contribution in [1.82, 2.24) is 0 Å². The van der Waals surface area contributed by atoms with E-state index >= 15 is 0 Å². The standard InChI is InChI=1S/C4H12Cl2Si2/c1-7(2,3)8(4,5)6/h1-4H3. The van der Waals surface area contributed by atoms with Crippen molar-refractivity contribution < 1.29 is 0 Å². The number of hydrogen-bond donors (Lipinski definition) is 0. The van der Waals surface area contributed by atoms with E-state index in [1.54, 1.807) is 0 Å². The lowest BCUT2D eigenvalue weighted by Crippen LogP contribution is -2.45. The highest BCUT2D eigenvalue weighted by Crippen LogP contribution is 2.26. The Kier molecular flexibility index (Phi) is 2.62. The van der Waals surface area contributed by atoms with E-state index in [0.717, 1.165) is 0 Å². The zero-order chi connectivity index (χ0) is 7.00. The molecule has 0 aliphatic heterocycles. The maximum Gasteiger partial charge on any atom is 0.235 e. The van der Waals surface area contributed by atoms with E-state index in [1.807, 2.05) is 6.55 Å². The Labute approximate surface area is 62.4 Å². The summed E-state index contributed by atoms with van der Waals surface area (Å²) < 4.78 is 0. The molecule has 0 aromatic heterocycles. The van der Waals surface area contributed by atoms with E-state index < -0.39 is 13.8 Å². The molecule has 0 spiro atoms. The third-order valence-electron chi connectivity index (χ3n) is 1.32. The molecule has 0 N–H and O–H groups in total. The van der Waals surface area contributed by atoms with Crippen molar-refractivity contribution in [3.05, 3.63) is 0 Å². The van der Waals surface area contributed by atoms with Crippen molar-refractivity contribution in [3.63, 3.8) is 0 Å². The van der Waals surface area contributed by atoms with Gasteiger partial charge in [-0.15, -0.1) is 0 Å². The van der Waals surface area contributed by atoms with Crippen molar-refractivity contribution in [2.24, 2.45) is 0 Å². The molecule has 8 heavy (non-hydrogen) atoms. The molecule has 0 aliphatic rings. The van der Waals surface area contributed by atoms with Gasteiger partial charge in [0.25, 0.3) is 0 Å². The summed E-state index contributed by atoms with van der Waals surface area (Å²) in [4.78, 5) is 0. The molecule has 0 saturated heterocycles. The molecule has 0 rings (SSSR count). The minimum absolute atomic E-state index is 1.19. The van der Waals surface area contributed by atoms with Crippen LogP contribution in [0.3, 0.4) is 0 Å². The Morgan fingerprint density at radius 2 is 1.00 bits per heavy atom. The third kappa shape index (κ3) is 2.53. The van der Waals surface area contributed by atoms with Crippen molar-refractivity contribution >= 4 is 36.0 Å². The molecule has 0 aromatic rings. The van der Waals surface area contributed by atoms with Gasteiger partial charge in [-0.05, 0) is 6.55 Å². The van der Waals surface area contributed by atoms with E-state index in [1.165, 1.54) is 0 Å². The van der Waals surface area contributed by atoms with Crippen molar-refractivity contribution in [1.29, 1.82) is 0 Å². The Balaban J connectivity index is 4.02. The normalized spacial score (nSPS) is 14.2. The Morgan fingerprint density at radius 1 is 0.875 bits per heavy atom. The van der Waals surface area contributed by atoms with E-state index in [4.69, 9.17) is 22.2 Å². The van der Waals surface area contributed by atoms with Crippen LogP contribution in [0, 0.1) is 0 Å². The highest BCUT2D eigenvalue weighted by Gasteiger charge is 2.38. The molecule has 50 valence electrons. The molecule has 0 unspecified atom stereocenters. The van der Waals surface area contributed by atoms with Crippen LogP contribution in [-0.4, -0.2) is 13.8 Å². The Morgan fingerprint density at radius 3 is 1.00 bits per heavy atom. The van der Waals surface area contributed by atoms with Crippen LogP contribution in [0.15, 0.2) is 0 Å². The summed E-state index contributed by atoms with van der Waals surface area (Å²) in [5.41, 5.74) is 0. The summed E-state index contributed by atoms with van der Waals surface area (Å²) in [6.45, 7) is 8.62. The van der Waals surface area contributed by atoms with Crippen LogP contribution in [0.4, 0.5) is 0 Å². The third-order valence-corrected chi connectivity index (χ3v) is 22.1. The first kappa shape index (κ1) is 9.01. The van der Waals surface area contributed by atoms with Crippen LogP contribution in [0.2, 0.25) is 26.2 Å². The first-order valence-corrected chi connectivity index (χ1v) is 11.7. The largest absolute Gasteiger partial charge is 0.235 e. The Bertz CT molecular complexity index is 67.0. The van der Waals surface area contributed by atoms with Crippen LogP contribution >= 0.6 is 22.2 Å². The van der Waals surface area contributed by atoms with E-state index in [9.17, 15) is 0 Å². The molecule has 0 saturated carbocycles. The molecule has 0 bridgehead atoms. The maximum absolute atomic E-state index is 5.98. The summed E-state index contributed by atoms with van der Waals surface area (Å²) in [5.74, 6) is 0. The predicted molar refractivity (Wildman–Crippen MR) is 46.7 cm³/mol. The lowest BCUT2D eigenvalue weighted by atomic mass is 11.8. The van der Waals surface area contributed by atoms with Gasteiger partial charge in [0.15, 0.2) is 0 Å². The quantitative estimate of drug-likeness (QED) is 0.437. The SMILES string of the molecule is C[Si](C)(C)[Si](C)(Cl)Cl. The second-order valence-electron chi connectivity index (χ2n) is 3.14.